The topological polar surface area (TPSA) is 50.2 Å². The van der Waals surface area contributed by atoms with Crippen molar-refractivity contribution in [2.24, 2.45) is 18.9 Å². The summed E-state index contributed by atoms with van der Waals surface area (Å²) in [6.07, 6.45) is -0.980. The fourth-order valence-electron chi connectivity index (χ4n) is 2.64. The van der Waals surface area contributed by atoms with Crippen LogP contribution in [0.1, 0.15) is 12.5 Å². The molecule has 1 saturated heterocycles. The van der Waals surface area contributed by atoms with Gasteiger partial charge in [-0.15, -0.1) is 24.8 Å². The van der Waals surface area contributed by atoms with Crippen molar-refractivity contribution in [1.29, 1.82) is 0 Å². The number of hydrogen-bond acceptors (Lipinski definition) is 3. The van der Waals surface area contributed by atoms with E-state index in [1.807, 2.05) is 0 Å². The van der Waals surface area contributed by atoms with Crippen molar-refractivity contribution >= 4 is 30.7 Å². The first-order chi connectivity index (χ1) is 9.82. The molecule has 1 aromatic heterocycles. The van der Waals surface area contributed by atoms with E-state index in [1.165, 1.54) is 4.90 Å². The minimum absolute atomic E-state index is 0. The first-order valence-corrected chi connectivity index (χ1v) is 6.86. The standard InChI is InChI=1S/C13H19F3N4O.2ClH/c1-3-20(8-9-4-18-19(2)7-9)12(21)10-5-17-6-11(10)13(14,15)16;;/h4,7,10-11,17H,3,5-6,8H2,1-2H3;2*1H/t10-,11-;;/m1../s1. The molecule has 2 rings (SSSR count). The summed E-state index contributed by atoms with van der Waals surface area (Å²) >= 11 is 0. The van der Waals surface area contributed by atoms with Crippen LogP contribution in [-0.4, -0.2) is 46.4 Å². The van der Waals surface area contributed by atoms with Gasteiger partial charge in [0.15, 0.2) is 0 Å². The van der Waals surface area contributed by atoms with Gasteiger partial charge in [-0.25, -0.2) is 0 Å². The predicted octanol–water partition coefficient (Wildman–Crippen LogP) is 2.01. The molecule has 0 spiro atoms. The van der Waals surface area contributed by atoms with Crippen LogP contribution in [0.25, 0.3) is 0 Å². The Morgan fingerprint density at radius 3 is 2.57 bits per heavy atom. The highest BCUT2D eigenvalue weighted by atomic mass is 35.5. The molecule has 0 aliphatic carbocycles. The molecule has 0 saturated carbocycles. The second-order valence-electron chi connectivity index (χ2n) is 5.29. The highest BCUT2D eigenvalue weighted by Crippen LogP contribution is 2.35. The minimum atomic E-state index is -4.35. The number of carbonyl (C=O) groups is 1. The van der Waals surface area contributed by atoms with Crippen LogP contribution in [0.4, 0.5) is 13.2 Å². The maximum Gasteiger partial charge on any atom is 0.393 e. The fourth-order valence-corrected chi connectivity index (χ4v) is 2.64. The number of hydrogen-bond donors (Lipinski definition) is 1. The Morgan fingerprint density at radius 1 is 1.43 bits per heavy atom. The van der Waals surface area contributed by atoms with E-state index in [0.717, 1.165) is 5.56 Å². The molecule has 1 aliphatic heterocycles. The zero-order valence-corrected chi connectivity index (χ0v) is 14.5. The average molecular weight is 377 g/mol. The molecular formula is C13H21Cl2F3N4O. The quantitative estimate of drug-likeness (QED) is 0.874. The number of amides is 1. The van der Waals surface area contributed by atoms with Crippen molar-refractivity contribution in [2.75, 3.05) is 19.6 Å². The van der Waals surface area contributed by atoms with E-state index in [0.29, 0.717) is 6.54 Å². The van der Waals surface area contributed by atoms with Crippen molar-refractivity contribution in [3.8, 4) is 0 Å². The highest BCUT2D eigenvalue weighted by Gasteiger charge is 2.50. The molecule has 0 radical (unpaired) electrons. The summed E-state index contributed by atoms with van der Waals surface area (Å²) in [5.74, 6) is -3.09. The van der Waals surface area contributed by atoms with Crippen molar-refractivity contribution in [3.05, 3.63) is 18.0 Å². The Kier molecular flexibility index (Phi) is 8.37. The monoisotopic (exact) mass is 376 g/mol. The molecule has 2 atom stereocenters. The molecule has 1 aliphatic rings. The summed E-state index contributed by atoms with van der Waals surface area (Å²) < 4.78 is 40.4. The smallest absolute Gasteiger partial charge is 0.338 e. The third-order valence-corrected chi connectivity index (χ3v) is 3.78. The van der Waals surface area contributed by atoms with E-state index in [1.54, 1.807) is 31.0 Å². The molecule has 0 unspecified atom stereocenters. The van der Waals surface area contributed by atoms with E-state index >= 15 is 0 Å². The van der Waals surface area contributed by atoms with Crippen molar-refractivity contribution < 1.29 is 18.0 Å². The largest absolute Gasteiger partial charge is 0.393 e. The normalized spacial score (nSPS) is 20.6. The Balaban J connectivity index is 0.00000242. The third-order valence-electron chi connectivity index (χ3n) is 3.78. The number of aromatic nitrogens is 2. The Bertz CT molecular complexity index is 510. The summed E-state index contributed by atoms with van der Waals surface area (Å²) in [6, 6.07) is 0. The van der Waals surface area contributed by atoms with Gasteiger partial charge in [0, 0.05) is 45.0 Å². The van der Waals surface area contributed by atoms with Crippen molar-refractivity contribution in [3.63, 3.8) is 0 Å². The fraction of sp³-hybridized carbons (Fsp3) is 0.692. The summed E-state index contributed by atoms with van der Waals surface area (Å²) in [7, 11) is 1.75. The van der Waals surface area contributed by atoms with Crippen LogP contribution in [0, 0.1) is 11.8 Å². The van der Waals surface area contributed by atoms with Gasteiger partial charge >= 0.3 is 6.18 Å². The van der Waals surface area contributed by atoms with Gasteiger partial charge in [0.25, 0.3) is 0 Å². The number of nitrogens with zero attached hydrogens (tertiary/aromatic N) is 3. The summed E-state index contributed by atoms with van der Waals surface area (Å²) in [6.45, 7) is 2.30. The molecule has 1 aromatic rings. The molecule has 1 fully saturated rings. The summed E-state index contributed by atoms with van der Waals surface area (Å²) in [5, 5.41) is 6.67. The lowest BCUT2D eigenvalue weighted by molar-refractivity contribution is -0.185. The molecule has 10 heteroatoms. The predicted molar refractivity (Wildman–Crippen MR) is 84.7 cm³/mol. The van der Waals surface area contributed by atoms with Gasteiger partial charge < -0.3 is 10.2 Å². The maximum atomic E-state index is 12.9. The highest BCUT2D eigenvalue weighted by molar-refractivity contribution is 5.85. The molecule has 1 N–H and O–H groups in total. The zero-order valence-electron chi connectivity index (χ0n) is 12.8. The van der Waals surface area contributed by atoms with Gasteiger partial charge in [-0.3, -0.25) is 9.48 Å². The molecule has 2 heterocycles. The molecular weight excluding hydrogens is 356 g/mol. The van der Waals surface area contributed by atoms with Crippen molar-refractivity contribution in [2.45, 2.75) is 19.6 Å². The Labute approximate surface area is 145 Å². The van der Waals surface area contributed by atoms with Gasteiger partial charge in [-0.05, 0) is 6.92 Å². The van der Waals surface area contributed by atoms with Crippen LogP contribution in [-0.2, 0) is 18.4 Å². The van der Waals surface area contributed by atoms with E-state index < -0.39 is 23.9 Å². The zero-order chi connectivity index (χ0) is 15.6. The van der Waals surface area contributed by atoms with Crippen LogP contribution in [0.3, 0.4) is 0 Å². The number of alkyl halides is 3. The van der Waals surface area contributed by atoms with Gasteiger partial charge in [-0.1, -0.05) is 0 Å². The van der Waals surface area contributed by atoms with E-state index in [9.17, 15) is 18.0 Å². The van der Waals surface area contributed by atoms with Gasteiger partial charge in [0.1, 0.15) is 0 Å². The lowest BCUT2D eigenvalue weighted by atomic mass is 9.94. The SMILES string of the molecule is CCN(Cc1cnn(C)c1)C(=O)[C@@H]1CNC[C@H]1C(F)(F)F.Cl.Cl. The van der Waals surface area contributed by atoms with Crippen molar-refractivity contribution in [1.82, 2.24) is 20.0 Å². The van der Waals surface area contributed by atoms with Gasteiger partial charge in [0.2, 0.25) is 5.91 Å². The number of carbonyl (C=O) groups excluding carboxylic acids is 1. The first-order valence-electron chi connectivity index (χ1n) is 6.86. The molecule has 23 heavy (non-hydrogen) atoms. The first kappa shape index (κ1) is 22.0. The number of halogens is 5. The van der Waals surface area contributed by atoms with Crippen LogP contribution < -0.4 is 5.32 Å². The lowest BCUT2D eigenvalue weighted by Gasteiger charge is -2.27. The molecule has 134 valence electrons. The molecule has 0 aromatic carbocycles. The maximum absolute atomic E-state index is 12.9. The van der Waals surface area contributed by atoms with Gasteiger partial charge in [-0.2, -0.15) is 18.3 Å². The van der Waals surface area contributed by atoms with E-state index in [-0.39, 0.29) is 44.4 Å². The minimum Gasteiger partial charge on any atom is -0.338 e. The van der Waals surface area contributed by atoms with Gasteiger partial charge in [0.05, 0.1) is 18.0 Å². The van der Waals surface area contributed by atoms with Crippen LogP contribution in [0.2, 0.25) is 0 Å². The number of rotatable bonds is 4. The van der Waals surface area contributed by atoms with Crippen LogP contribution in [0.15, 0.2) is 12.4 Å². The Morgan fingerprint density at radius 2 is 2.09 bits per heavy atom. The number of nitrogens with one attached hydrogen (secondary N) is 1. The second-order valence-corrected chi connectivity index (χ2v) is 5.29. The van der Waals surface area contributed by atoms with Crippen LogP contribution >= 0.6 is 24.8 Å². The lowest BCUT2D eigenvalue weighted by Crippen LogP contribution is -2.42. The van der Waals surface area contributed by atoms with E-state index in [2.05, 4.69) is 10.4 Å². The molecule has 0 bridgehead atoms. The summed E-state index contributed by atoms with van der Waals surface area (Å²) in [4.78, 5) is 13.9. The third kappa shape index (κ3) is 5.26. The second kappa shape index (κ2) is 8.75. The average Bonchev–Trinajstić information content (AvgIpc) is 3.03. The molecule has 5 nitrogen and oxygen atoms in total. The van der Waals surface area contributed by atoms with E-state index in [4.69, 9.17) is 0 Å². The molecule has 1 amide bonds. The Hall–Kier alpha value is -0.990. The van der Waals surface area contributed by atoms with Crippen LogP contribution in [0.5, 0.6) is 0 Å². The summed E-state index contributed by atoms with van der Waals surface area (Å²) in [5.41, 5.74) is 0.808. The number of aryl methyl sites for hydroxylation is 1.